The minimum Gasteiger partial charge on any atom is -0.353 e. The van der Waals surface area contributed by atoms with Crippen LogP contribution in [0.25, 0.3) is 0 Å². The second-order valence-corrected chi connectivity index (χ2v) is 6.13. The van der Waals surface area contributed by atoms with Gasteiger partial charge in [0.15, 0.2) is 0 Å². The number of rotatable bonds is 4. The lowest BCUT2D eigenvalue weighted by molar-refractivity contribution is -0.122. The molecule has 104 valence electrons. The maximum atomic E-state index is 11.8. The van der Waals surface area contributed by atoms with Gasteiger partial charge in [0.2, 0.25) is 5.91 Å². The largest absolute Gasteiger partial charge is 0.353 e. The maximum Gasteiger partial charge on any atom is 0.220 e. The number of hydrogen-bond donors (Lipinski definition) is 2. The third-order valence-corrected chi connectivity index (χ3v) is 4.56. The van der Waals surface area contributed by atoms with E-state index in [0.29, 0.717) is 18.0 Å². The highest BCUT2D eigenvalue weighted by molar-refractivity contribution is 5.76. The molecular weight excluding hydrogens is 224 g/mol. The highest BCUT2D eigenvalue weighted by Crippen LogP contribution is 2.34. The molecule has 3 heteroatoms. The molecule has 1 heterocycles. The normalized spacial score (nSPS) is 27.1. The van der Waals surface area contributed by atoms with Crippen LogP contribution in [-0.2, 0) is 4.79 Å². The fraction of sp³-hybridized carbons (Fsp3) is 0.933. The zero-order chi connectivity index (χ0) is 12.8. The number of carbonyl (C=O) groups excluding carboxylic acids is 1. The zero-order valence-corrected chi connectivity index (χ0v) is 11.8. The molecule has 0 aromatic rings. The van der Waals surface area contributed by atoms with Gasteiger partial charge in [-0.3, -0.25) is 4.79 Å². The van der Waals surface area contributed by atoms with Gasteiger partial charge in [0.05, 0.1) is 0 Å². The van der Waals surface area contributed by atoms with Crippen LogP contribution in [0.15, 0.2) is 0 Å². The first-order valence-corrected chi connectivity index (χ1v) is 7.78. The van der Waals surface area contributed by atoms with E-state index in [0.717, 1.165) is 32.2 Å². The van der Waals surface area contributed by atoms with Crippen molar-refractivity contribution in [2.24, 2.45) is 0 Å². The molecular formula is C15H28N2O. The predicted molar refractivity (Wildman–Crippen MR) is 74.5 cm³/mol. The Morgan fingerprint density at radius 1 is 1.33 bits per heavy atom. The standard InChI is InChI=1S/C15H28N2O/c1-2-3-7-14(18)17-13-8-11-16-15(12-13)9-5-4-6-10-15/h13,16H,2-12H2,1H3,(H,17,18). The molecule has 1 saturated heterocycles. The van der Waals surface area contributed by atoms with Gasteiger partial charge < -0.3 is 10.6 Å². The topological polar surface area (TPSA) is 41.1 Å². The second-order valence-electron chi connectivity index (χ2n) is 6.13. The molecule has 0 bridgehead atoms. The number of unbranched alkanes of at least 4 members (excludes halogenated alkanes) is 1. The average Bonchev–Trinajstić information content (AvgIpc) is 2.37. The summed E-state index contributed by atoms with van der Waals surface area (Å²) >= 11 is 0. The molecule has 0 radical (unpaired) electrons. The Morgan fingerprint density at radius 3 is 2.83 bits per heavy atom. The molecule has 1 saturated carbocycles. The van der Waals surface area contributed by atoms with Gasteiger partial charge >= 0.3 is 0 Å². The molecule has 2 N–H and O–H groups in total. The van der Waals surface area contributed by atoms with Crippen molar-refractivity contribution in [2.45, 2.75) is 82.7 Å². The van der Waals surface area contributed by atoms with Crippen LogP contribution < -0.4 is 10.6 Å². The number of carbonyl (C=O) groups is 1. The Labute approximate surface area is 111 Å². The van der Waals surface area contributed by atoms with Crippen molar-refractivity contribution in [3.63, 3.8) is 0 Å². The van der Waals surface area contributed by atoms with Crippen LogP contribution in [0.5, 0.6) is 0 Å². The summed E-state index contributed by atoms with van der Waals surface area (Å²) < 4.78 is 0. The molecule has 1 aliphatic heterocycles. The average molecular weight is 252 g/mol. The van der Waals surface area contributed by atoms with E-state index < -0.39 is 0 Å². The summed E-state index contributed by atoms with van der Waals surface area (Å²) in [5.74, 6) is 0.259. The summed E-state index contributed by atoms with van der Waals surface area (Å²) in [5.41, 5.74) is 0.346. The molecule has 0 aromatic carbocycles. The fourth-order valence-corrected chi connectivity index (χ4v) is 3.53. The fourth-order valence-electron chi connectivity index (χ4n) is 3.53. The Bertz CT molecular complexity index is 266. The van der Waals surface area contributed by atoms with Crippen molar-refractivity contribution in [1.82, 2.24) is 10.6 Å². The molecule has 1 atom stereocenters. The van der Waals surface area contributed by atoms with Crippen molar-refractivity contribution in [3.05, 3.63) is 0 Å². The quantitative estimate of drug-likeness (QED) is 0.808. The van der Waals surface area contributed by atoms with Gasteiger partial charge in [-0.15, -0.1) is 0 Å². The summed E-state index contributed by atoms with van der Waals surface area (Å²) in [6.07, 6.45) is 11.7. The van der Waals surface area contributed by atoms with Crippen LogP contribution in [0.1, 0.15) is 71.1 Å². The van der Waals surface area contributed by atoms with E-state index >= 15 is 0 Å². The van der Waals surface area contributed by atoms with Crippen LogP contribution in [0.4, 0.5) is 0 Å². The number of nitrogens with one attached hydrogen (secondary N) is 2. The van der Waals surface area contributed by atoms with E-state index in [9.17, 15) is 4.79 Å². The lowest BCUT2D eigenvalue weighted by Crippen LogP contribution is -2.57. The van der Waals surface area contributed by atoms with Crippen molar-refractivity contribution >= 4 is 5.91 Å². The summed E-state index contributed by atoms with van der Waals surface area (Å²) in [6, 6.07) is 0.411. The van der Waals surface area contributed by atoms with Gasteiger partial charge in [0, 0.05) is 18.0 Å². The highest BCUT2D eigenvalue weighted by atomic mass is 16.1. The SMILES string of the molecule is CCCCC(=O)NC1CCNC2(CCCCC2)C1. The molecule has 2 aliphatic rings. The van der Waals surface area contributed by atoms with E-state index in [1.54, 1.807) is 0 Å². The van der Waals surface area contributed by atoms with E-state index in [1.165, 1.54) is 32.1 Å². The van der Waals surface area contributed by atoms with Crippen molar-refractivity contribution in [2.75, 3.05) is 6.54 Å². The summed E-state index contributed by atoms with van der Waals surface area (Å²) in [6.45, 7) is 3.20. The number of amides is 1. The second kappa shape index (κ2) is 6.55. The van der Waals surface area contributed by atoms with Gasteiger partial charge in [-0.1, -0.05) is 32.6 Å². The van der Waals surface area contributed by atoms with Gasteiger partial charge in [-0.2, -0.15) is 0 Å². The Kier molecular flexibility index (Phi) is 5.04. The summed E-state index contributed by atoms with van der Waals surface area (Å²) in [5, 5.41) is 6.98. The van der Waals surface area contributed by atoms with Crippen LogP contribution >= 0.6 is 0 Å². The van der Waals surface area contributed by atoms with E-state index in [4.69, 9.17) is 0 Å². The van der Waals surface area contributed by atoms with E-state index in [-0.39, 0.29) is 5.91 Å². The minimum absolute atomic E-state index is 0.259. The third kappa shape index (κ3) is 3.71. The molecule has 0 aromatic heterocycles. The molecule has 1 unspecified atom stereocenters. The molecule has 1 aliphatic carbocycles. The Hall–Kier alpha value is -0.570. The highest BCUT2D eigenvalue weighted by Gasteiger charge is 2.37. The summed E-state index contributed by atoms with van der Waals surface area (Å²) in [7, 11) is 0. The van der Waals surface area contributed by atoms with Crippen LogP contribution in [0, 0.1) is 0 Å². The maximum absolute atomic E-state index is 11.8. The van der Waals surface area contributed by atoms with Gasteiger partial charge in [0.1, 0.15) is 0 Å². The van der Waals surface area contributed by atoms with Crippen LogP contribution in [0.2, 0.25) is 0 Å². The first kappa shape index (κ1) is 13.9. The van der Waals surface area contributed by atoms with Gasteiger partial charge in [-0.25, -0.2) is 0 Å². The lowest BCUT2D eigenvalue weighted by Gasteiger charge is -2.44. The van der Waals surface area contributed by atoms with Crippen molar-refractivity contribution in [3.8, 4) is 0 Å². The monoisotopic (exact) mass is 252 g/mol. The predicted octanol–water partition coefficient (Wildman–Crippen LogP) is 2.75. The first-order chi connectivity index (χ1) is 8.74. The van der Waals surface area contributed by atoms with Crippen molar-refractivity contribution in [1.29, 1.82) is 0 Å². The first-order valence-electron chi connectivity index (χ1n) is 7.78. The zero-order valence-electron chi connectivity index (χ0n) is 11.8. The summed E-state index contributed by atoms with van der Waals surface area (Å²) in [4.78, 5) is 11.8. The smallest absolute Gasteiger partial charge is 0.220 e. The Morgan fingerprint density at radius 2 is 2.11 bits per heavy atom. The molecule has 2 rings (SSSR count). The minimum atomic E-state index is 0.259. The molecule has 1 amide bonds. The molecule has 3 nitrogen and oxygen atoms in total. The molecule has 18 heavy (non-hydrogen) atoms. The van der Waals surface area contributed by atoms with Gasteiger partial charge in [0.25, 0.3) is 0 Å². The van der Waals surface area contributed by atoms with E-state index in [1.807, 2.05) is 0 Å². The van der Waals surface area contributed by atoms with Gasteiger partial charge in [-0.05, 0) is 38.6 Å². The third-order valence-electron chi connectivity index (χ3n) is 4.56. The lowest BCUT2D eigenvalue weighted by atomic mass is 9.75. The Balaban J connectivity index is 1.80. The van der Waals surface area contributed by atoms with Crippen LogP contribution in [0.3, 0.4) is 0 Å². The molecule has 2 fully saturated rings. The van der Waals surface area contributed by atoms with Crippen LogP contribution in [-0.4, -0.2) is 24.0 Å². The molecule has 1 spiro atoms. The number of piperidine rings is 1. The van der Waals surface area contributed by atoms with Crippen molar-refractivity contribution < 1.29 is 4.79 Å². The van der Waals surface area contributed by atoms with E-state index in [2.05, 4.69) is 17.6 Å². The number of hydrogen-bond acceptors (Lipinski definition) is 2.